The van der Waals surface area contributed by atoms with Crippen molar-refractivity contribution in [2.45, 2.75) is 30.0 Å². The molecule has 1 heterocycles. The summed E-state index contributed by atoms with van der Waals surface area (Å²) < 4.78 is 31.5. The van der Waals surface area contributed by atoms with Crippen LogP contribution in [0.15, 0.2) is 5.16 Å². The van der Waals surface area contributed by atoms with Crippen molar-refractivity contribution < 1.29 is 43.1 Å². The Morgan fingerprint density at radius 2 is 0.603 bits per heavy atom. The van der Waals surface area contributed by atoms with Gasteiger partial charge >= 0.3 is 12.1 Å². The predicted octanol–water partition coefficient (Wildman–Crippen LogP) is 14.4. The molecule has 4 aliphatic carbocycles. The Bertz CT molecular complexity index is 7350. The van der Waals surface area contributed by atoms with E-state index >= 15 is 0 Å². The molecule has 3 N–H and O–H groups in total. The van der Waals surface area contributed by atoms with E-state index in [4.69, 9.17) is 19.9 Å². The number of carbonyl (C=O) groups is 2. The van der Waals surface area contributed by atoms with Crippen LogP contribution in [0, 0.1) is 0 Å². The topological polar surface area (TPSA) is 116 Å². The molecule has 0 aromatic heterocycles. The zero-order valence-corrected chi connectivity index (χ0v) is 39.1. The van der Waals surface area contributed by atoms with E-state index in [2.05, 4.69) is 0 Å². The number of hydrogen-bond donors (Lipinski definition) is 2. The van der Waals surface area contributed by atoms with Gasteiger partial charge in [0.1, 0.15) is 11.4 Å². The lowest BCUT2D eigenvalue weighted by Crippen LogP contribution is -2.86. The number of nitrogens with zero attached hydrogens (tertiary/aromatic N) is 1. The Hall–Kier alpha value is -9.38. The molecule has 2 spiro atoms. The van der Waals surface area contributed by atoms with Gasteiger partial charge in [-0.15, -0.1) is 0 Å². The van der Waals surface area contributed by atoms with Crippen LogP contribution in [0.3, 0.4) is 0 Å². The van der Waals surface area contributed by atoms with Crippen LogP contribution in [-0.4, -0.2) is 42.0 Å². The summed E-state index contributed by atoms with van der Waals surface area (Å²) in [7, 11) is 0. The third kappa shape index (κ3) is 1.89. The lowest BCUT2D eigenvalue weighted by atomic mass is 9.52. The van der Waals surface area contributed by atoms with E-state index in [-0.39, 0.29) is 6.54 Å². The molecule has 0 unspecified atom stereocenters. The summed E-state index contributed by atoms with van der Waals surface area (Å²) in [6, 6.07) is 0. The first kappa shape index (κ1) is 32.3. The van der Waals surface area contributed by atoms with Gasteiger partial charge in [0.05, 0.1) is 12.3 Å². The summed E-state index contributed by atoms with van der Waals surface area (Å²) in [6.45, 7) is 0.830. The highest BCUT2D eigenvalue weighted by Gasteiger charge is 2.76. The van der Waals surface area contributed by atoms with Crippen LogP contribution in [0.4, 0.5) is 13.2 Å². The fourth-order valence-corrected chi connectivity index (χ4v) is 24.9. The van der Waals surface area contributed by atoms with Crippen molar-refractivity contribution in [2.24, 2.45) is 5.16 Å². The molecule has 0 saturated carbocycles. The van der Waals surface area contributed by atoms with Crippen LogP contribution in [0.1, 0.15) is 35.1 Å². The predicted molar refractivity (Wildman–Crippen MR) is 302 cm³/mol. The molecule has 0 atom stereocenters. The average molecular weight is 993 g/mol. The van der Waals surface area contributed by atoms with E-state index in [9.17, 15) is 23.1 Å². The highest BCUT2D eigenvalue weighted by molar-refractivity contribution is 6.82. The number of aliphatic carboxylic acids is 2. The van der Waals surface area contributed by atoms with Crippen LogP contribution >= 0.6 is 0 Å². The van der Waals surface area contributed by atoms with Gasteiger partial charge in [0.25, 0.3) is 0 Å². The monoisotopic (exact) mass is 992 g/mol. The number of benzene rings is 18. The van der Waals surface area contributed by atoms with Gasteiger partial charge < -0.3 is 25.2 Å². The van der Waals surface area contributed by atoms with Crippen molar-refractivity contribution in [3.63, 3.8) is 0 Å². The number of quaternary nitrogens is 1. The van der Waals surface area contributed by atoms with Crippen molar-refractivity contribution in [2.75, 3.05) is 13.1 Å². The van der Waals surface area contributed by atoms with Crippen molar-refractivity contribution in [1.29, 1.82) is 0 Å². The largest absolute Gasteiger partial charge is 0.542 e. The molecule has 28 aromatic carbocycles. The molecule has 0 saturated heterocycles. The second-order valence-corrected chi connectivity index (χ2v) is 26.4. The van der Waals surface area contributed by atoms with Gasteiger partial charge in [0.15, 0.2) is 6.54 Å². The molecule has 78 heavy (non-hydrogen) atoms. The average Bonchev–Trinajstić information content (AvgIpc) is 1.43. The number of rotatable bonds is 6. The molecular weight excluding hydrogens is 982 g/mol. The summed E-state index contributed by atoms with van der Waals surface area (Å²) in [4.78, 5) is 28.7. The summed E-state index contributed by atoms with van der Waals surface area (Å²) in [6.07, 6.45) is -3.58. The lowest BCUT2D eigenvalue weighted by molar-refractivity contribution is -0.645. The minimum absolute atomic E-state index is 0.0890. The lowest BCUT2D eigenvalue weighted by Gasteiger charge is -2.47. The molecule has 10 heteroatoms. The van der Waals surface area contributed by atoms with Crippen LogP contribution in [0.25, 0.3) is 291 Å². The van der Waals surface area contributed by atoms with Crippen molar-refractivity contribution in [3.8, 4) is 0 Å². The number of hydrogen-bond acceptors (Lipinski definition) is 5. The Morgan fingerprint density at radius 1 is 0.397 bits per heavy atom. The summed E-state index contributed by atoms with van der Waals surface area (Å²) in [5, 5.41) is 111. The zero-order chi connectivity index (χ0) is 48.7. The van der Waals surface area contributed by atoms with Crippen molar-refractivity contribution in [3.05, 3.63) is 22.3 Å². The summed E-state index contributed by atoms with van der Waals surface area (Å²) in [5.41, 5.74) is 5.70. The standard InChI is InChI=1S/C66H10N2O3.C2HF3O2/c69-6(70)4-67-3-1-2-5-65-61-53-45-35-25-17-9-7-8-11-15-13(9)21-29-23(15)33-27-19(11)20-12(8)16-14-10(7)18(17)26-32-22(14)30-24(16)34-28(20)38-37(27)49-43(33)51-41(29)47(39(45)31(21)25)55(61)57(51)63-59(49)60-50(38)44(34)52-42(30)48-40(32)46(36(26)35)54(53)62(65)56(48)58(52)64(60)66(63,65)71-68-5;3-2(4,5)1(6)7/h67H,1-4H2,(H,69,70);(H,6,7). The van der Waals surface area contributed by atoms with E-state index in [0.717, 1.165) is 19.4 Å². The van der Waals surface area contributed by atoms with Crippen molar-refractivity contribution >= 4 is 309 Å². The third-order valence-electron chi connectivity index (χ3n) is 25.3. The highest BCUT2D eigenvalue weighted by atomic mass is 19.4. The normalized spacial score (nSPS) is 21.2. The Kier molecular flexibility index (Phi) is 3.15. The van der Waals surface area contributed by atoms with E-state index in [1.807, 2.05) is 5.32 Å². The number of carboxylic acids is 2. The zero-order valence-electron chi connectivity index (χ0n) is 39.1. The molecule has 0 bridgehead atoms. The summed E-state index contributed by atoms with van der Waals surface area (Å²) in [5.74, 6) is -3.76. The molecule has 33 rings (SSSR count). The second-order valence-electron chi connectivity index (χ2n) is 26.4. The van der Waals surface area contributed by atoms with Gasteiger partial charge in [-0.3, -0.25) is 0 Å². The minimum Gasteiger partial charge on any atom is -0.542 e. The fourth-order valence-electron chi connectivity index (χ4n) is 24.9. The van der Waals surface area contributed by atoms with E-state index in [0.29, 0.717) is 0 Å². The molecule has 0 amide bonds. The number of halogens is 3. The smallest absolute Gasteiger partial charge is 0.430 e. The maximum Gasteiger partial charge on any atom is 0.430 e. The maximum atomic E-state index is 11.9. The first-order valence-corrected chi connectivity index (χ1v) is 27.5. The molecule has 0 fully saturated rings. The van der Waals surface area contributed by atoms with Crippen molar-refractivity contribution in [1.82, 2.24) is 0 Å². The SMILES string of the molecule is O=C(O)C[NH2+]CCCC1=NOC23c4c5c6c7c8c9c(c%10c%11c2c2c4c4c%12c5c5c6c6c8c8c%13c9c9c%10c%10c%11c%11c2c2c4c4c%12c%12c5c5c6c8c6c8c%13c9c9c%10c%10c%11c2c2c4c4c%12c5c6c5c8c9c%10c2c45)C173.O=C([O-])C(F)(F)F. The maximum absolute atomic E-state index is 11.9. The fraction of sp³-hybridized carbons (Fsp3) is 0.103. The van der Waals surface area contributed by atoms with Crippen LogP contribution in [-0.2, 0) is 25.4 Å². The van der Waals surface area contributed by atoms with Gasteiger partial charge in [-0.1, -0.05) is 5.16 Å². The Morgan fingerprint density at radius 3 is 0.808 bits per heavy atom. The van der Waals surface area contributed by atoms with Crippen LogP contribution < -0.4 is 10.4 Å². The van der Waals surface area contributed by atoms with Gasteiger partial charge in [0.2, 0.25) is 5.60 Å². The van der Waals surface area contributed by atoms with Crippen LogP contribution in [0.5, 0.6) is 0 Å². The Balaban J connectivity index is 0.000000495. The second kappa shape index (κ2) is 7.61. The molecule has 1 aliphatic heterocycles. The molecule has 7 nitrogen and oxygen atoms in total. The van der Waals surface area contributed by atoms with Gasteiger partial charge in [-0.2, -0.15) is 13.2 Å². The number of oxime groups is 1. The molecular formula is C68H11F3N2O5. The first-order chi connectivity index (χ1) is 38.2. The quantitative estimate of drug-likeness (QED) is 0.127. The summed E-state index contributed by atoms with van der Waals surface area (Å²) >= 11 is 0. The van der Waals surface area contributed by atoms with E-state index in [1.165, 1.54) is 38.4 Å². The third-order valence-corrected chi connectivity index (χ3v) is 25.3. The highest BCUT2D eigenvalue weighted by Crippen LogP contribution is 2.85. The molecule has 5 aliphatic rings. The number of nitrogens with two attached hydrogens (primary N) is 1. The molecule has 344 valence electrons. The van der Waals surface area contributed by atoms with Gasteiger partial charge in [0, 0.05) is 17.5 Å². The van der Waals surface area contributed by atoms with Gasteiger partial charge in [-0.25, -0.2) is 4.79 Å². The van der Waals surface area contributed by atoms with Gasteiger partial charge in [-0.05, 0) is 308 Å². The van der Waals surface area contributed by atoms with E-state index in [1.54, 1.807) is 280 Å². The minimum atomic E-state index is -5.19. The van der Waals surface area contributed by atoms with Crippen LogP contribution in [0.2, 0.25) is 0 Å². The number of carbonyl (C=O) groups excluding carboxylic acids is 1. The number of carboxylic acid groups (broad SMARTS) is 2. The number of alkyl halides is 3. The molecule has 28 aromatic rings. The first-order valence-electron chi connectivity index (χ1n) is 27.5. The van der Waals surface area contributed by atoms with E-state index < -0.39 is 29.1 Å². The molecule has 0 radical (unpaired) electrons. The Labute approximate surface area is 420 Å².